The number of hydrogen-bond acceptors (Lipinski definition) is 5. The number of rotatable bonds is 4. The maximum atomic E-state index is 11.0. The largest absolute Gasteiger partial charge is 0.339 e. The molecule has 3 aromatic rings. The molecule has 0 unspecified atom stereocenters. The van der Waals surface area contributed by atoms with Crippen LogP contribution in [0, 0.1) is 17.0 Å². The summed E-state index contributed by atoms with van der Waals surface area (Å²) in [5, 5.41) is 14.9. The van der Waals surface area contributed by atoms with Gasteiger partial charge in [-0.1, -0.05) is 47.6 Å². The summed E-state index contributed by atoms with van der Waals surface area (Å²) >= 11 is 0. The molecule has 0 amide bonds. The molecule has 0 saturated heterocycles. The standard InChI is InChI=1S/C16H13N3O3/c1-11-7-8-13(10-14(11)19(20)21)16-17-15(22-18-16)9-12-5-3-2-4-6-12/h2-8,10H,9H2,1H3. The summed E-state index contributed by atoms with van der Waals surface area (Å²) in [6, 6.07) is 14.7. The van der Waals surface area contributed by atoms with E-state index in [0.717, 1.165) is 5.56 Å². The number of nitro groups is 1. The minimum Gasteiger partial charge on any atom is -0.339 e. The van der Waals surface area contributed by atoms with E-state index in [9.17, 15) is 10.1 Å². The van der Waals surface area contributed by atoms with Gasteiger partial charge in [0, 0.05) is 17.2 Å². The second kappa shape index (κ2) is 5.77. The van der Waals surface area contributed by atoms with Gasteiger partial charge in [0.1, 0.15) is 0 Å². The molecular weight excluding hydrogens is 282 g/mol. The molecule has 0 aliphatic carbocycles. The highest BCUT2D eigenvalue weighted by Crippen LogP contribution is 2.25. The molecule has 0 spiro atoms. The lowest BCUT2D eigenvalue weighted by Gasteiger charge is -1.98. The van der Waals surface area contributed by atoms with Gasteiger partial charge in [0.2, 0.25) is 11.7 Å². The minimum absolute atomic E-state index is 0.0481. The second-order valence-corrected chi connectivity index (χ2v) is 4.93. The Labute approximate surface area is 126 Å². The van der Waals surface area contributed by atoms with Gasteiger partial charge in [-0.3, -0.25) is 10.1 Å². The van der Waals surface area contributed by atoms with E-state index in [1.54, 1.807) is 19.1 Å². The van der Waals surface area contributed by atoms with Gasteiger partial charge in [-0.15, -0.1) is 0 Å². The Hall–Kier alpha value is -3.02. The van der Waals surface area contributed by atoms with Gasteiger partial charge in [0.25, 0.3) is 5.69 Å². The fourth-order valence-electron chi connectivity index (χ4n) is 2.16. The predicted molar refractivity (Wildman–Crippen MR) is 80.4 cm³/mol. The zero-order valence-electron chi connectivity index (χ0n) is 11.9. The van der Waals surface area contributed by atoms with Gasteiger partial charge < -0.3 is 4.52 Å². The molecule has 3 rings (SSSR count). The minimum atomic E-state index is -0.413. The average molecular weight is 295 g/mol. The molecule has 6 nitrogen and oxygen atoms in total. The molecule has 0 radical (unpaired) electrons. The molecule has 0 aliphatic heterocycles. The van der Waals surface area contributed by atoms with Crippen LogP contribution in [-0.4, -0.2) is 15.1 Å². The van der Waals surface area contributed by atoms with Gasteiger partial charge in [-0.2, -0.15) is 4.98 Å². The Morgan fingerprint density at radius 2 is 1.95 bits per heavy atom. The molecule has 22 heavy (non-hydrogen) atoms. The van der Waals surface area contributed by atoms with Crippen LogP contribution in [0.1, 0.15) is 17.0 Å². The Bertz CT molecular complexity index is 813. The van der Waals surface area contributed by atoms with Crippen LogP contribution in [0.25, 0.3) is 11.4 Å². The Morgan fingerprint density at radius 3 is 2.68 bits per heavy atom. The molecule has 2 aromatic carbocycles. The molecule has 6 heteroatoms. The fraction of sp³-hybridized carbons (Fsp3) is 0.125. The van der Waals surface area contributed by atoms with Crippen LogP contribution in [0.3, 0.4) is 0 Å². The van der Waals surface area contributed by atoms with Gasteiger partial charge in [-0.05, 0) is 12.5 Å². The Kier molecular flexibility index (Phi) is 3.65. The first-order valence-corrected chi connectivity index (χ1v) is 6.75. The molecule has 1 heterocycles. The van der Waals surface area contributed by atoms with Crippen molar-refractivity contribution in [1.82, 2.24) is 10.1 Å². The topological polar surface area (TPSA) is 82.1 Å². The lowest BCUT2D eigenvalue weighted by Crippen LogP contribution is -1.93. The highest BCUT2D eigenvalue weighted by atomic mass is 16.6. The average Bonchev–Trinajstić information content (AvgIpc) is 2.97. The van der Waals surface area contributed by atoms with E-state index in [-0.39, 0.29) is 5.69 Å². The Morgan fingerprint density at radius 1 is 1.18 bits per heavy atom. The monoisotopic (exact) mass is 295 g/mol. The van der Waals surface area contributed by atoms with Crippen LogP contribution >= 0.6 is 0 Å². The molecule has 0 N–H and O–H groups in total. The maximum absolute atomic E-state index is 11.0. The zero-order valence-corrected chi connectivity index (χ0v) is 11.9. The van der Waals surface area contributed by atoms with Crippen molar-refractivity contribution in [2.24, 2.45) is 0 Å². The first kappa shape index (κ1) is 13.9. The number of hydrogen-bond donors (Lipinski definition) is 0. The summed E-state index contributed by atoms with van der Waals surface area (Å²) < 4.78 is 5.22. The van der Waals surface area contributed by atoms with E-state index < -0.39 is 4.92 Å². The summed E-state index contributed by atoms with van der Waals surface area (Å²) in [6.07, 6.45) is 0.530. The van der Waals surface area contributed by atoms with E-state index >= 15 is 0 Å². The number of aryl methyl sites for hydroxylation is 1. The number of nitrogens with zero attached hydrogens (tertiary/aromatic N) is 3. The van der Waals surface area contributed by atoms with Gasteiger partial charge in [-0.25, -0.2) is 0 Å². The summed E-state index contributed by atoms with van der Waals surface area (Å²) in [5.74, 6) is 0.832. The number of aromatic nitrogens is 2. The van der Waals surface area contributed by atoms with Crippen molar-refractivity contribution in [3.8, 4) is 11.4 Å². The van der Waals surface area contributed by atoms with Crippen LogP contribution < -0.4 is 0 Å². The molecule has 1 aromatic heterocycles. The first-order chi connectivity index (χ1) is 10.6. The van der Waals surface area contributed by atoms with Crippen LogP contribution in [0.5, 0.6) is 0 Å². The fourth-order valence-corrected chi connectivity index (χ4v) is 2.16. The van der Waals surface area contributed by atoms with Crippen molar-refractivity contribution >= 4 is 5.69 Å². The lowest BCUT2D eigenvalue weighted by atomic mass is 10.1. The van der Waals surface area contributed by atoms with E-state index in [0.29, 0.717) is 29.3 Å². The number of nitro benzene ring substituents is 1. The molecule has 110 valence electrons. The SMILES string of the molecule is Cc1ccc(-c2noc(Cc3ccccc3)n2)cc1[N+](=O)[O-]. The van der Waals surface area contributed by atoms with Crippen molar-refractivity contribution in [2.75, 3.05) is 0 Å². The molecule has 0 fully saturated rings. The third-order valence-electron chi connectivity index (χ3n) is 3.33. The molecule has 0 atom stereocenters. The molecule has 0 bridgehead atoms. The van der Waals surface area contributed by atoms with E-state index in [4.69, 9.17) is 4.52 Å². The first-order valence-electron chi connectivity index (χ1n) is 6.75. The quantitative estimate of drug-likeness (QED) is 0.543. The smallest absolute Gasteiger partial charge is 0.273 e. The van der Waals surface area contributed by atoms with Crippen LogP contribution in [0.4, 0.5) is 5.69 Å². The normalized spacial score (nSPS) is 10.6. The molecule has 0 aliphatic rings. The maximum Gasteiger partial charge on any atom is 0.273 e. The highest BCUT2D eigenvalue weighted by Gasteiger charge is 2.15. The third-order valence-corrected chi connectivity index (χ3v) is 3.33. The highest BCUT2D eigenvalue weighted by molar-refractivity contribution is 5.60. The summed E-state index contributed by atoms with van der Waals surface area (Å²) in [7, 11) is 0. The lowest BCUT2D eigenvalue weighted by molar-refractivity contribution is -0.385. The van der Waals surface area contributed by atoms with Crippen LogP contribution in [0.2, 0.25) is 0 Å². The summed E-state index contributed by atoms with van der Waals surface area (Å²) in [5.41, 5.74) is 2.28. The van der Waals surface area contributed by atoms with Crippen LogP contribution in [-0.2, 0) is 6.42 Å². The van der Waals surface area contributed by atoms with Gasteiger partial charge in [0.05, 0.1) is 11.3 Å². The summed E-state index contributed by atoms with van der Waals surface area (Å²) in [6.45, 7) is 1.69. The van der Waals surface area contributed by atoms with Crippen LogP contribution in [0.15, 0.2) is 53.1 Å². The predicted octanol–water partition coefficient (Wildman–Crippen LogP) is 3.54. The molecule has 0 saturated carbocycles. The van der Waals surface area contributed by atoms with E-state index in [1.807, 2.05) is 30.3 Å². The van der Waals surface area contributed by atoms with Crippen molar-refractivity contribution < 1.29 is 9.45 Å². The van der Waals surface area contributed by atoms with Crippen molar-refractivity contribution in [2.45, 2.75) is 13.3 Å². The third kappa shape index (κ3) is 2.85. The Balaban J connectivity index is 1.88. The van der Waals surface area contributed by atoms with E-state index in [1.165, 1.54) is 6.07 Å². The number of benzene rings is 2. The van der Waals surface area contributed by atoms with Crippen molar-refractivity contribution in [3.63, 3.8) is 0 Å². The van der Waals surface area contributed by atoms with Gasteiger partial charge in [0.15, 0.2) is 0 Å². The van der Waals surface area contributed by atoms with Crippen molar-refractivity contribution in [3.05, 3.63) is 75.7 Å². The van der Waals surface area contributed by atoms with E-state index in [2.05, 4.69) is 10.1 Å². The van der Waals surface area contributed by atoms with Crippen molar-refractivity contribution in [1.29, 1.82) is 0 Å². The van der Waals surface area contributed by atoms with Gasteiger partial charge >= 0.3 is 0 Å². The zero-order chi connectivity index (χ0) is 15.5. The molecular formula is C16H13N3O3. The second-order valence-electron chi connectivity index (χ2n) is 4.93. The summed E-state index contributed by atoms with van der Waals surface area (Å²) in [4.78, 5) is 14.9.